The van der Waals surface area contributed by atoms with E-state index in [2.05, 4.69) is 5.32 Å². The van der Waals surface area contributed by atoms with Crippen molar-refractivity contribution in [2.24, 2.45) is 5.73 Å². The Kier molecular flexibility index (Phi) is 4.21. The molecule has 0 heterocycles. The molecule has 0 saturated carbocycles. The number of rotatable bonds is 4. The molecule has 0 aromatic rings. The van der Waals surface area contributed by atoms with Crippen molar-refractivity contribution in [3.8, 4) is 0 Å². The number of carbonyl (C=O) groups excluding carboxylic acids is 1. The third-order valence-corrected chi connectivity index (χ3v) is 1.06. The van der Waals surface area contributed by atoms with E-state index in [0.29, 0.717) is 0 Å². The van der Waals surface area contributed by atoms with Crippen molar-refractivity contribution in [1.29, 1.82) is 0 Å². The maximum atomic E-state index is 10.4. The van der Waals surface area contributed by atoms with Crippen molar-refractivity contribution in [1.82, 2.24) is 5.32 Å². The maximum absolute atomic E-state index is 10.4. The van der Waals surface area contributed by atoms with Crippen molar-refractivity contribution in [2.75, 3.05) is 0 Å². The molecule has 0 spiro atoms. The number of nitrogens with two attached hydrogens (primary N) is 1. The number of carboxylic acids is 1. The molecule has 1 amide bonds. The first-order valence-corrected chi connectivity index (χ1v) is 3.27. The summed E-state index contributed by atoms with van der Waals surface area (Å²) in [5.74, 6) is -1.16. The van der Waals surface area contributed by atoms with Crippen molar-refractivity contribution < 1.29 is 14.7 Å². The number of carbonyl (C=O) groups is 2. The fraction of sp³-hybridized carbons (Fsp3) is 0.667. The number of nitrogens with one attached hydrogen (secondary N) is 1. The minimum Gasteiger partial charge on any atom is -0.481 e. The monoisotopic (exact) mass is 160 g/mol. The SMILES string of the molecule is CC(=O)NC(N)CCC(=O)O. The van der Waals surface area contributed by atoms with Gasteiger partial charge in [0.25, 0.3) is 0 Å². The number of aliphatic carboxylic acids is 1. The van der Waals surface area contributed by atoms with E-state index in [1.54, 1.807) is 0 Å². The Morgan fingerprint density at radius 2 is 2.18 bits per heavy atom. The van der Waals surface area contributed by atoms with Crippen LogP contribution in [0.3, 0.4) is 0 Å². The molecule has 64 valence electrons. The van der Waals surface area contributed by atoms with Gasteiger partial charge in [-0.1, -0.05) is 0 Å². The largest absolute Gasteiger partial charge is 0.481 e. The molecule has 0 radical (unpaired) electrons. The summed E-state index contributed by atoms with van der Waals surface area (Å²) in [5.41, 5.74) is 5.33. The van der Waals surface area contributed by atoms with Gasteiger partial charge in [0.2, 0.25) is 5.91 Å². The van der Waals surface area contributed by atoms with Crippen LogP contribution in [-0.4, -0.2) is 23.1 Å². The second-order valence-corrected chi connectivity index (χ2v) is 2.24. The van der Waals surface area contributed by atoms with Crippen molar-refractivity contribution in [3.05, 3.63) is 0 Å². The first kappa shape index (κ1) is 9.90. The van der Waals surface area contributed by atoms with Gasteiger partial charge in [0.15, 0.2) is 0 Å². The quantitative estimate of drug-likeness (QED) is 0.473. The minimum absolute atomic E-state index is 0.0263. The highest BCUT2D eigenvalue weighted by Crippen LogP contribution is 1.90. The molecule has 0 saturated heterocycles. The zero-order chi connectivity index (χ0) is 8.85. The van der Waals surface area contributed by atoms with Gasteiger partial charge in [-0.3, -0.25) is 9.59 Å². The molecule has 0 bridgehead atoms. The summed E-state index contributed by atoms with van der Waals surface area (Å²) >= 11 is 0. The summed E-state index contributed by atoms with van der Waals surface area (Å²) in [5, 5.41) is 10.6. The van der Waals surface area contributed by atoms with Gasteiger partial charge >= 0.3 is 5.97 Å². The van der Waals surface area contributed by atoms with Crippen LogP contribution in [0.25, 0.3) is 0 Å². The second-order valence-electron chi connectivity index (χ2n) is 2.24. The van der Waals surface area contributed by atoms with E-state index >= 15 is 0 Å². The average Bonchev–Trinajstić information content (AvgIpc) is 1.82. The molecule has 5 nitrogen and oxygen atoms in total. The summed E-state index contributed by atoms with van der Waals surface area (Å²) in [7, 11) is 0. The van der Waals surface area contributed by atoms with Crippen LogP contribution in [0.5, 0.6) is 0 Å². The van der Waals surface area contributed by atoms with Crippen LogP contribution in [0, 0.1) is 0 Å². The predicted molar refractivity (Wildman–Crippen MR) is 38.7 cm³/mol. The molecule has 0 rings (SSSR count). The smallest absolute Gasteiger partial charge is 0.303 e. The highest BCUT2D eigenvalue weighted by atomic mass is 16.4. The Bertz CT molecular complexity index is 158. The van der Waals surface area contributed by atoms with Gasteiger partial charge in [-0.05, 0) is 6.42 Å². The Hall–Kier alpha value is -1.10. The van der Waals surface area contributed by atoms with Crippen LogP contribution in [0.4, 0.5) is 0 Å². The lowest BCUT2D eigenvalue weighted by Gasteiger charge is -2.09. The summed E-state index contributed by atoms with van der Waals surface area (Å²) in [6.45, 7) is 1.33. The van der Waals surface area contributed by atoms with Crippen LogP contribution in [0.1, 0.15) is 19.8 Å². The van der Waals surface area contributed by atoms with Crippen molar-refractivity contribution in [3.63, 3.8) is 0 Å². The number of hydrogen-bond acceptors (Lipinski definition) is 3. The molecule has 0 aliphatic heterocycles. The zero-order valence-electron chi connectivity index (χ0n) is 6.33. The molecular weight excluding hydrogens is 148 g/mol. The van der Waals surface area contributed by atoms with Gasteiger partial charge in [-0.15, -0.1) is 0 Å². The van der Waals surface area contributed by atoms with Crippen LogP contribution in [0.15, 0.2) is 0 Å². The fourth-order valence-corrected chi connectivity index (χ4v) is 0.612. The molecule has 0 aromatic carbocycles. The second kappa shape index (κ2) is 4.68. The maximum Gasteiger partial charge on any atom is 0.303 e. The van der Waals surface area contributed by atoms with E-state index in [4.69, 9.17) is 10.8 Å². The van der Waals surface area contributed by atoms with E-state index in [-0.39, 0.29) is 18.7 Å². The molecule has 0 aliphatic rings. The third-order valence-electron chi connectivity index (χ3n) is 1.06. The Labute approximate surface area is 64.6 Å². The van der Waals surface area contributed by atoms with Crippen LogP contribution < -0.4 is 11.1 Å². The zero-order valence-corrected chi connectivity index (χ0v) is 6.33. The van der Waals surface area contributed by atoms with Gasteiger partial charge < -0.3 is 16.2 Å². The van der Waals surface area contributed by atoms with Gasteiger partial charge in [-0.25, -0.2) is 0 Å². The van der Waals surface area contributed by atoms with Gasteiger partial charge in [-0.2, -0.15) is 0 Å². The summed E-state index contributed by atoms with van der Waals surface area (Å²) < 4.78 is 0. The topological polar surface area (TPSA) is 92.4 Å². The van der Waals surface area contributed by atoms with Gasteiger partial charge in [0.1, 0.15) is 0 Å². The van der Waals surface area contributed by atoms with Gasteiger partial charge in [0, 0.05) is 13.3 Å². The van der Waals surface area contributed by atoms with Crippen molar-refractivity contribution in [2.45, 2.75) is 25.9 Å². The average molecular weight is 160 g/mol. The lowest BCUT2D eigenvalue weighted by Crippen LogP contribution is -2.40. The van der Waals surface area contributed by atoms with Crippen LogP contribution in [0.2, 0.25) is 0 Å². The normalized spacial score (nSPS) is 12.2. The Morgan fingerprint density at radius 1 is 1.64 bits per heavy atom. The highest BCUT2D eigenvalue weighted by molar-refractivity contribution is 5.73. The standard InChI is InChI=1S/C6H12N2O3/c1-4(9)8-5(7)2-3-6(10)11/h5H,2-3,7H2,1H3,(H,8,9)(H,10,11). The summed E-state index contributed by atoms with van der Waals surface area (Å²) in [6.07, 6.45) is -0.320. The van der Waals surface area contributed by atoms with Gasteiger partial charge in [0.05, 0.1) is 6.17 Å². The third kappa shape index (κ3) is 6.79. The van der Waals surface area contributed by atoms with E-state index < -0.39 is 12.1 Å². The number of hydrogen-bond donors (Lipinski definition) is 3. The Balaban J connectivity index is 3.44. The molecular formula is C6H12N2O3. The first-order chi connectivity index (χ1) is 5.02. The van der Waals surface area contributed by atoms with E-state index in [1.807, 2.05) is 0 Å². The molecule has 5 heteroatoms. The molecule has 0 aromatic heterocycles. The molecule has 4 N–H and O–H groups in total. The molecule has 1 unspecified atom stereocenters. The molecule has 11 heavy (non-hydrogen) atoms. The number of amides is 1. The predicted octanol–water partition coefficient (Wildman–Crippen LogP) is -0.728. The lowest BCUT2D eigenvalue weighted by atomic mass is 10.2. The van der Waals surface area contributed by atoms with E-state index in [0.717, 1.165) is 0 Å². The Morgan fingerprint density at radius 3 is 2.55 bits per heavy atom. The lowest BCUT2D eigenvalue weighted by molar-refractivity contribution is -0.137. The van der Waals surface area contributed by atoms with Crippen molar-refractivity contribution >= 4 is 11.9 Å². The fourth-order valence-electron chi connectivity index (χ4n) is 0.612. The van der Waals surface area contributed by atoms with Crippen LogP contribution in [-0.2, 0) is 9.59 Å². The molecule has 0 aliphatic carbocycles. The number of carboxylic acid groups (broad SMARTS) is 1. The van der Waals surface area contributed by atoms with E-state index in [1.165, 1.54) is 6.92 Å². The minimum atomic E-state index is -0.911. The van der Waals surface area contributed by atoms with E-state index in [9.17, 15) is 9.59 Å². The summed E-state index contributed by atoms with van der Waals surface area (Å²) in [6, 6.07) is 0. The van der Waals surface area contributed by atoms with Crippen LogP contribution >= 0.6 is 0 Å². The molecule has 0 fully saturated rings. The summed E-state index contributed by atoms with van der Waals surface area (Å²) in [4.78, 5) is 20.4. The first-order valence-electron chi connectivity index (χ1n) is 3.27. The highest BCUT2D eigenvalue weighted by Gasteiger charge is 2.05. The molecule has 1 atom stereocenters.